The van der Waals surface area contributed by atoms with E-state index in [2.05, 4.69) is 25.4 Å². The number of carbonyl (C=O) groups is 1. The molecule has 1 atom stereocenters. The van der Waals surface area contributed by atoms with E-state index in [9.17, 15) is 4.79 Å². The van der Waals surface area contributed by atoms with Crippen LogP contribution in [0, 0.1) is 5.92 Å². The van der Waals surface area contributed by atoms with E-state index in [4.69, 9.17) is 4.52 Å². The predicted molar refractivity (Wildman–Crippen MR) is 96.5 cm³/mol. The van der Waals surface area contributed by atoms with Crippen molar-refractivity contribution in [1.29, 1.82) is 0 Å². The topological polar surface area (TPSA) is 93.8 Å². The van der Waals surface area contributed by atoms with Gasteiger partial charge in [0.05, 0.1) is 0 Å². The Kier molecular flexibility index (Phi) is 5.48. The molecule has 0 aliphatic carbocycles. The van der Waals surface area contributed by atoms with Gasteiger partial charge in [0.1, 0.15) is 6.04 Å². The highest BCUT2D eigenvalue weighted by Crippen LogP contribution is 2.23. The lowest BCUT2D eigenvalue weighted by atomic mass is 10.0. The molecule has 0 fully saturated rings. The van der Waals surface area contributed by atoms with E-state index in [1.807, 2.05) is 26.0 Å². The van der Waals surface area contributed by atoms with Crippen LogP contribution < -0.4 is 5.32 Å². The number of pyridine rings is 2. The summed E-state index contributed by atoms with van der Waals surface area (Å²) in [5, 5.41) is 6.92. The highest BCUT2D eigenvalue weighted by Gasteiger charge is 2.24. The van der Waals surface area contributed by atoms with Gasteiger partial charge in [-0.05, 0) is 41.8 Å². The number of amides is 1. The van der Waals surface area contributed by atoms with Crippen LogP contribution in [-0.4, -0.2) is 26.0 Å². The Hall–Kier alpha value is -3.35. The van der Waals surface area contributed by atoms with E-state index in [0.29, 0.717) is 11.7 Å². The van der Waals surface area contributed by atoms with Gasteiger partial charge in [0, 0.05) is 36.4 Å². The van der Waals surface area contributed by atoms with Gasteiger partial charge in [-0.15, -0.1) is 0 Å². The van der Waals surface area contributed by atoms with Crippen LogP contribution in [0.4, 0.5) is 0 Å². The highest BCUT2D eigenvalue weighted by atomic mass is 16.5. The van der Waals surface area contributed by atoms with Gasteiger partial charge in [-0.3, -0.25) is 14.8 Å². The molecule has 0 saturated carbocycles. The average molecular weight is 349 g/mol. The molecule has 1 amide bonds. The van der Waals surface area contributed by atoms with Crippen molar-refractivity contribution < 1.29 is 9.32 Å². The average Bonchev–Trinajstić information content (AvgIpc) is 3.15. The Bertz CT molecular complexity index is 875. The fourth-order valence-corrected chi connectivity index (χ4v) is 2.34. The maximum Gasteiger partial charge on any atom is 0.249 e. The normalized spacial score (nSPS) is 12.4. The van der Waals surface area contributed by atoms with Crippen LogP contribution in [0.2, 0.25) is 0 Å². The summed E-state index contributed by atoms with van der Waals surface area (Å²) in [6.07, 6.45) is 9.88. The second-order valence-electron chi connectivity index (χ2n) is 6.04. The molecule has 132 valence electrons. The fraction of sp³-hybridized carbons (Fsp3) is 0.211. The Balaban J connectivity index is 1.72. The Morgan fingerprint density at radius 2 is 1.73 bits per heavy atom. The number of aromatic nitrogens is 4. The third-order valence-electron chi connectivity index (χ3n) is 3.74. The quantitative estimate of drug-likeness (QED) is 0.687. The molecule has 3 aromatic heterocycles. The molecule has 0 spiro atoms. The number of hydrogen-bond acceptors (Lipinski definition) is 6. The van der Waals surface area contributed by atoms with Gasteiger partial charge in [0.2, 0.25) is 17.6 Å². The summed E-state index contributed by atoms with van der Waals surface area (Å²) in [5.41, 5.74) is 1.70. The molecule has 0 aliphatic rings. The molecule has 0 saturated heterocycles. The molecule has 0 aliphatic heterocycles. The van der Waals surface area contributed by atoms with Crippen LogP contribution in [0.25, 0.3) is 17.5 Å². The van der Waals surface area contributed by atoms with Gasteiger partial charge in [-0.1, -0.05) is 19.0 Å². The summed E-state index contributed by atoms with van der Waals surface area (Å²) < 4.78 is 5.38. The van der Waals surface area contributed by atoms with Crippen molar-refractivity contribution in [3.63, 3.8) is 0 Å². The molecule has 7 nitrogen and oxygen atoms in total. The van der Waals surface area contributed by atoms with E-state index in [1.165, 1.54) is 6.08 Å². The number of hydrogen-bond donors (Lipinski definition) is 1. The lowest BCUT2D eigenvalue weighted by Crippen LogP contribution is -2.30. The molecule has 0 bridgehead atoms. The molecule has 26 heavy (non-hydrogen) atoms. The standard InChI is InChI=1S/C19H19N5O2/c1-13(2)17(22-16(25)4-3-14-5-9-20-10-6-14)19-23-18(24-26-19)15-7-11-21-12-8-15/h3-13,17H,1-2H3,(H,22,25)/b4-3+/t17-/m1/s1. The van der Waals surface area contributed by atoms with E-state index >= 15 is 0 Å². The zero-order valence-corrected chi connectivity index (χ0v) is 14.5. The number of nitrogens with one attached hydrogen (secondary N) is 1. The van der Waals surface area contributed by atoms with Crippen LogP contribution in [-0.2, 0) is 4.79 Å². The SMILES string of the molecule is CC(C)[C@@H](NC(=O)/C=C/c1ccncc1)c1nc(-c2ccncc2)no1. The summed E-state index contributed by atoms with van der Waals surface area (Å²) in [6, 6.07) is 6.86. The molecule has 3 heterocycles. The van der Waals surface area contributed by atoms with Crippen molar-refractivity contribution in [1.82, 2.24) is 25.4 Å². The summed E-state index contributed by atoms with van der Waals surface area (Å²) in [5.74, 6) is 0.690. The summed E-state index contributed by atoms with van der Waals surface area (Å²) >= 11 is 0. The third-order valence-corrected chi connectivity index (χ3v) is 3.74. The van der Waals surface area contributed by atoms with E-state index in [1.54, 1.807) is 43.0 Å². The molecule has 7 heteroatoms. The van der Waals surface area contributed by atoms with Crippen molar-refractivity contribution in [3.8, 4) is 11.4 Å². The summed E-state index contributed by atoms with van der Waals surface area (Å²) in [4.78, 5) is 24.6. The van der Waals surface area contributed by atoms with Gasteiger partial charge in [0.15, 0.2) is 0 Å². The second-order valence-corrected chi connectivity index (χ2v) is 6.04. The molecule has 1 N–H and O–H groups in total. The smallest absolute Gasteiger partial charge is 0.249 e. The first-order chi connectivity index (χ1) is 12.6. The molecule has 3 aromatic rings. The molecule has 3 rings (SSSR count). The summed E-state index contributed by atoms with van der Waals surface area (Å²) in [6.45, 7) is 3.96. The van der Waals surface area contributed by atoms with Crippen molar-refractivity contribution in [2.24, 2.45) is 5.92 Å². The van der Waals surface area contributed by atoms with Crippen molar-refractivity contribution >= 4 is 12.0 Å². The maximum atomic E-state index is 12.3. The number of carbonyl (C=O) groups excluding carboxylic acids is 1. The number of nitrogens with zero attached hydrogens (tertiary/aromatic N) is 4. The molecule has 0 radical (unpaired) electrons. The largest absolute Gasteiger partial charge is 0.340 e. The van der Waals surface area contributed by atoms with Gasteiger partial charge in [-0.25, -0.2) is 0 Å². The highest BCUT2D eigenvalue weighted by molar-refractivity contribution is 5.91. The Morgan fingerprint density at radius 3 is 2.38 bits per heavy atom. The van der Waals surface area contributed by atoms with Crippen molar-refractivity contribution in [3.05, 3.63) is 66.6 Å². The van der Waals surface area contributed by atoms with Gasteiger partial charge in [-0.2, -0.15) is 4.98 Å². The molecule has 0 aromatic carbocycles. The zero-order chi connectivity index (χ0) is 18.4. The first-order valence-electron chi connectivity index (χ1n) is 8.26. The van der Waals surface area contributed by atoms with Gasteiger partial charge < -0.3 is 9.84 Å². The van der Waals surface area contributed by atoms with Crippen LogP contribution in [0.5, 0.6) is 0 Å². The first kappa shape index (κ1) is 17.5. The van der Waals surface area contributed by atoms with Crippen molar-refractivity contribution in [2.45, 2.75) is 19.9 Å². The molecular weight excluding hydrogens is 330 g/mol. The van der Waals surface area contributed by atoms with Crippen LogP contribution in [0.3, 0.4) is 0 Å². The Labute approximate surface area is 151 Å². The van der Waals surface area contributed by atoms with E-state index in [0.717, 1.165) is 11.1 Å². The van der Waals surface area contributed by atoms with Gasteiger partial charge >= 0.3 is 0 Å². The predicted octanol–water partition coefficient (Wildman–Crippen LogP) is 3.05. The fourth-order valence-electron chi connectivity index (χ4n) is 2.34. The first-order valence-corrected chi connectivity index (χ1v) is 8.26. The minimum Gasteiger partial charge on any atom is -0.340 e. The summed E-state index contributed by atoms with van der Waals surface area (Å²) in [7, 11) is 0. The zero-order valence-electron chi connectivity index (χ0n) is 14.5. The van der Waals surface area contributed by atoms with Crippen LogP contribution in [0.1, 0.15) is 31.3 Å². The monoisotopic (exact) mass is 349 g/mol. The van der Waals surface area contributed by atoms with Crippen LogP contribution in [0.15, 0.2) is 59.7 Å². The van der Waals surface area contributed by atoms with E-state index in [-0.39, 0.29) is 17.9 Å². The van der Waals surface area contributed by atoms with Gasteiger partial charge in [0.25, 0.3) is 0 Å². The molecular formula is C19H19N5O2. The van der Waals surface area contributed by atoms with Crippen LogP contribution >= 0.6 is 0 Å². The lowest BCUT2D eigenvalue weighted by Gasteiger charge is -2.17. The minimum absolute atomic E-state index is 0.0824. The van der Waals surface area contributed by atoms with E-state index < -0.39 is 0 Å². The van der Waals surface area contributed by atoms with Crippen molar-refractivity contribution in [2.75, 3.05) is 0 Å². The molecule has 0 unspecified atom stereocenters. The minimum atomic E-state index is -0.382. The lowest BCUT2D eigenvalue weighted by molar-refractivity contribution is -0.117. The Morgan fingerprint density at radius 1 is 1.08 bits per heavy atom. The third kappa shape index (κ3) is 4.38. The maximum absolute atomic E-state index is 12.3. The number of rotatable bonds is 6. The second kappa shape index (κ2) is 8.15.